The summed E-state index contributed by atoms with van der Waals surface area (Å²) in [5.41, 5.74) is 2.06. The Morgan fingerprint density at radius 3 is 2.67 bits per heavy atom. The van der Waals surface area contributed by atoms with E-state index in [2.05, 4.69) is 26.8 Å². The zero-order valence-corrected chi connectivity index (χ0v) is 12.2. The molecule has 98 valence electrons. The molecule has 1 aromatic rings. The summed E-state index contributed by atoms with van der Waals surface area (Å²) in [7, 11) is 0. The van der Waals surface area contributed by atoms with Gasteiger partial charge >= 0.3 is 0 Å². The molecule has 0 spiro atoms. The quantitative estimate of drug-likeness (QED) is 0.705. The van der Waals surface area contributed by atoms with Crippen molar-refractivity contribution in [3.63, 3.8) is 0 Å². The van der Waals surface area contributed by atoms with E-state index in [4.69, 9.17) is 11.6 Å². The standard InChI is InChI=1S/C15H20ClNO/c1-10-9-15(3,4)17(14(18)11(2)16)13-8-6-5-7-12(10)13/h5-8,10-11H,9H2,1-4H3/t10-,11+/m0/s1. The van der Waals surface area contributed by atoms with E-state index in [0.717, 1.165) is 12.1 Å². The van der Waals surface area contributed by atoms with Gasteiger partial charge in [0.25, 0.3) is 0 Å². The van der Waals surface area contributed by atoms with Crippen molar-refractivity contribution >= 4 is 23.2 Å². The molecule has 0 saturated heterocycles. The number of hydrogen-bond acceptors (Lipinski definition) is 1. The van der Waals surface area contributed by atoms with Crippen molar-refractivity contribution in [1.82, 2.24) is 0 Å². The lowest BCUT2D eigenvalue weighted by Gasteiger charge is -2.46. The van der Waals surface area contributed by atoms with Gasteiger partial charge in [-0.2, -0.15) is 0 Å². The van der Waals surface area contributed by atoms with Gasteiger partial charge in [-0.3, -0.25) is 4.79 Å². The molecule has 0 unspecified atom stereocenters. The topological polar surface area (TPSA) is 20.3 Å². The van der Waals surface area contributed by atoms with E-state index in [1.54, 1.807) is 6.92 Å². The molecule has 0 aromatic heterocycles. The third kappa shape index (κ3) is 2.14. The monoisotopic (exact) mass is 265 g/mol. The minimum atomic E-state index is -0.495. The Morgan fingerprint density at radius 2 is 2.06 bits per heavy atom. The van der Waals surface area contributed by atoms with E-state index in [1.807, 2.05) is 23.1 Å². The highest BCUT2D eigenvalue weighted by Crippen LogP contribution is 2.43. The van der Waals surface area contributed by atoms with Crippen molar-refractivity contribution in [2.45, 2.75) is 50.9 Å². The van der Waals surface area contributed by atoms with Gasteiger partial charge in [0, 0.05) is 11.2 Å². The maximum absolute atomic E-state index is 12.4. The van der Waals surface area contributed by atoms with Crippen molar-refractivity contribution in [3.8, 4) is 0 Å². The average molecular weight is 266 g/mol. The number of anilines is 1. The molecule has 1 amide bonds. The van der Waals surface area contributed by atoms with E-state index in [1.165, 1.54) is 5.56 Å². The van der Waals surface area contributed by atoms with Crippen molar-refractivity contribution in [3.05, 3.63) is 29.8 Å². The summed E-state index contributed by atoms with van der Waals surface area (Å²) in [5.74, 6) is 0.451. The molecule has 2 rings (SSSR count). The molecule has 0 bridgehead atoms. The molecule has 0 aliphatic carbocycles. The fourth-order valence-corrected chi connectivity index (χ4v) is 3.08. The van der Waals surface area contributed by atoms with Gasteiger partial charge in [-0.05, 0) is 44.7 Å². The van der Waals surface area contributed by atoms with Gasteiger partial charge in [0.15, 0.2) is 0 Å². The van der Waals surface area contributed by atoms with Crippen LogP contribution in [-0.2, 0) is 4.79 Å². The number of nitrogens with zero attached hydrogens (tertiary/aromatic N) is 1. The number of rotatable bonds is 1. The molecule has 0 saturated carbocycles. The summed E-state index contributed by atoms with van der Waals surface area (Å²) in [6, 6.07) is 8.13. The zero-order chi connectivity index (χ0) is 13.5. The number of amides is 1. The summed E-state index contributed by atoms with van der Waals surface area (Å²) in [6.45, 7) is 8.17. The Balaban J connectivity index is 2.55. The summed E-state index contributed by atoms with van der Waals surface area (Å²) >= 11 is 6.00. The lowest BCUT2D eigenvalue weighted by molar-refractivity contribution is -0.119. The summed E-state index contributed by atoms with van der Waals surface area (Å²) in [6.07, 6.45) is 0.958. The van der Waals surface area contributed by atoms with Crippen LogP contribution >= 0.6 is 11.6 Å². The molecule has 1 aliphatic heterocycles. The number of hydrogen-bond donors (Lipinski definition) is 0. The van der Waals surface area contributed by atoms with Gasteiger partial charge in [0.05, 0.1) is 0 Å². The lowest BCUT2D eigenvalue weighted by atomic mass is 9.80. The molecular weight excluding hydrogens is 246 g/mol. The van der Waals surface area contributed by atoms with Gasteiger partial charge in [-0.15, -0.1) is 11.6 Å². The van der Waals surface area contributed by atoms with Crippen LogP contribution in [-0.4, -0.2) is 16.8 Å². The Morgan fingerprint density at radius 1 is 1.44 bits per heavy atom. The first-order valence-electron chi connectivity index (χ1n) is 6.41. The second-order valence-corrected chi connectivity index (χ2v) is 6.42. The molecule has 2 atom stereocenters. The maximum Gasteiger partial charge on any atom is 0.245 e. The summed E-state index contributed by atoms with van der Waals surface area (Å²) in [5, 5.41) is -0.495. The van der Waals surface area contributed by atoms with Crippen molar-refractivity contribution < 1.29 is 4.79 Å². The highest BCUT2D eigenvalue weighted by molar-refractivity contribution is 6.32. The van der Waals surface area contributed by atoms with E-state index >= 15 is 0 Å². The molecule has 2 nitrogen and oxygen atoms in total. The van der Waals surface area contributed by atoms with Crippen LogP contribution in [0.15, 0.2) is 24.3 Å². The second kappa shape index (κ2) is 4.58. The van der Waals surface area contributed by atoms with Crippen molar-refractivity contribution in [1.29, 1.82) is 0 Å². The minimum absolute atomic E-state index is 0.0129. The first-order valence-corrected chi connectivity index (χ1v) is 6.85. The van der Waals surface area contributed by atoms with Crippen LogP contribution in [0, 0.1) is 0 Å². The van der Waals surface area contributed by atoms with Gasteiger partial charge in [0.1, 0.15) is 5.38 Å². The fraction of sp³-hybridized carbons (Fsp3) is 0.533. The number of benzene rings is 1. The van der Waals surface area contributed by atoms with Crippen LogP contribution in [0.5, 0.6) is 0 Å². The van der Waals surface area contributed by atoms with Gasteiger partial charge in [-0.1, -0.05) is 25.1 Å². The average Bonchev–Trinajstić information content (AvgIpc) is 2.27. The number of carbonyl (C=O) groups excluding carboxylic acids is 1. The predicted molar refractivity (Wildman–Crippen MR) is 76.4 cm³/mol. The van der Waals surface area contributed by atoms with Crippen LogP contribution in [0.4, 0.5) is 5.69 Å². The van der Waals surface area contributed by atoms with E-state index < -0.39 is 5.38 Å². The van der Waals surface area contributed by atoms with Gasteiger partial charge in [0.2, 0.25) is 5.91 Å². The Hall–Kier alpha value is -1.02. The van der Waals surface area contributed by atoms with Crippen molar-refractivity contribution in [2.75, 3.05) is 4.90 Å². The largest absolute Gasteiger partial charge is 0.305 e. The predicted octanol–water partition coefficient (Wildman–Crippen LogP) is 3.93. The first-order chi connectivity index (χ1) is 8.34. The second-order valence-electron chi connectivity index (χ2n) is 5.77. The molecule has 3 heteroatoms. The molecule has 18 heavy (non-hydrogen) atoms. The molecular formula is C15H20ClNO. The minimum Gasteiger partial charge on any atom is -0.305 e. The smallest absolute Gasteiger partial charge is 0.245 e. The Kier molecular flexibility index (Phi) is 3.41. The van der Waals surface area contributed by atoms with Gasteiger partial charge < -0.3 is 4.90 Å². The lowest BCUT2D eigenvalue weighted by Crippen LogP contribution is -2.53. The summed E-state index contributed by atoms with van der Waals surface area (Å²) in [4.78, 5) is 14.3. The Bertz CT molecular complexity index is 467. The number of fused-ring (bicyclic) bond motifs is 1. The fourth-order valence-electron chi connectivity index (χ4n) is 2.98. The number of alkyl halides is 1. The molecule has 0 N–H and O–H groups in total. The van der Waals surface area contributed by atoms with E-state index in [9.17, 15) is 4.79 Å². The van der Waals surface area contributed by atoms with Crippen LogP contribution in [0.1, 0.15) is 45.6 Å². The highest BCUT2D eigenvalue weighted by atomic mass is 35.5. The van der Waals surface area contributed by atoms with Crippen LogP contribution in [0.2, 0.25) is 0 Å². The van der Waals surface area contributed by atoms with Crippen molar-refractivity contribution in [2.24, 2.45) is 0 Å². The molecule has 0 fully saturated rings. The Labute approximate surface area is 114 Å². The SMILES string of the molecule is C[C@@H](Cl)C(=O)N1c2ccccc2[C@@H](C)CC1(C)C. The number of halogens is 1. The van der Waals surface area contributed by atoms with Gasteiger partial charge in [-0.25, -0.2) is 0 Å². The zero-order valence-electron chi connectivity index (χ0n) is 11.4. The third-order valence-electron chi connectivity index (χ3n) is 3.68. The number of carbonyl (C=O) groups is 1. The number of para-hydroxylation sites is 1. The normalized spacial score (nSPS) is 23.4. The highest BCUT2D eigenvalue weighted by Gasteiger charge is 2.40. The molecule has 0 radical (unpaired) electrons. The van der Waals surface area contributed by atoms with E-state index in [-0.39, 0.29) is 11.4 Å². The van der Waals surface area contributed by atoms with Crippen LogP contribution in [0.3, 0.4) is 0 Å². The van der Waals surface area contributed by atoms with Crippen LogP contribution < -0.4 is 4.90 Å². The molecule has 1 aliphatic rings. The summed E-state index contributed by atoms with van der Waals surface area (Å²) < 4.78 is 0. The molecule has 1 heterocycles. The third-order valence-corrected chi connectivity index (χ3v) is 3.87. The first kappa shape index (κ1) is 13.4. The van der Waals surface area contributed by atoms with E-state index in [0.29, 0.717) is 5.92 Å². The van der Waals surface area contributed by atoms with Crippen LogP contribution in [0.25, 0.3) is 0 Å². The molecule has 1 aromatic carbocycles. The maximum atomic E-state index is 12.4.